The number of imidazole rings is 1. The third-order valence-electron chi connectivity index (χ3n) is 11.2. The van der Waals surface area contributed by atoms with Crippen molar-refractivity contribution in [2.24, 2.45) is 13.0 Å². The molecule has 0 spiro atoms. The summed E-state index contributed by atoms with van der Waals surface area (Å²) in [7, 11) is 3.14. The molecule has 3 amide bonds. The normalized spacial score (nSPS) is 21.2. The summed E-state index contributed by atoms with van der Waals surface area (Å²) in [5.74, 6) is -0.667. The maximum Gasteiger partial charge on any atom is 0.433 e. The predicted octanol–water partition coefficient (Wildman–Crippen LogP) is 5.83. The minimum atomic E-state index is -4.68. The number of carbonyl (C=O) groups is 3. The van der Waals surface area contributed by atoms with Crippen molar-refractivity contribution in [3.05, 3.63) is 81.1 Å². The molecule has 13 nitrogen and oxygen atoms in total. The van der Waals surface area contributed by atoms with Gasteiger partial charge in [-0.05, 0) is 92.9 Å². The third kappa shape index (κ3) is 6.86. The minimum Gasteiger partial charge on any atom is -0.494 e. The number of hydrogen-bond acceptors (Lipinski definition) is 8. The maximum atomic E-state index is 13.5. The van der Waals surface area contributed by atoms with Gasteiger partial charge in [0.1, 0.15) is 23.2 Å². The highest BCUT2D eigenvalue weighted by molar-refractivity contribution is 6.32. The van der Waals surface area contributed by atoms with Gasteiger partial charge in [0.25, 0.3) is 5.91 Å². The number of likely N-dealkylation sites (tertiary alicyclic amines) is 1. The number of nitrogens with one attached hydrogen (secondary N) is 2. The summed E-state index contributed by atoms with van der Waals surface area (Å²) in [6.07, 6.45) is 1.28. The van der Waals surface area contributed by atoms with E-state index in [4.69, 9.17) is 21.4 Å². The van der Waals surface area contributed by atoms with Gasteiger partial charge in [0.05, 0.1) is 35.4 Å². The number of aryl methyl sites for hydroxylation is 1. The van der Waals surface area contributed by atoms with Gasteiger partial charge in [-0.15, -0.1) is 0 Å². The van der Waals surface area contributed by atoms with E-state index in [-0.39, 0.29) is 42.1 Å². The van der Waals surface area contributed by atoms with E-state index in [9.17, 15) is 32.3 Å². The monoisotopic (exact) mass is 778 g/mol. The summed E-state index contributed by atoms with van der Waals surface area (Å²) in [5, 5.41) is 11.1. The van der Waals surface area contributed by atoms with E-state index < -0.39 is 29.7 Å². The second-order valence-electron chi connectivity index (χ2n) is 14.7. The fraction of sp³-hybridized carbons (Fsp3) is 0.421. The Hall–Kier alpha value is -5.22. The average molecular weight is 779 g/mol. The third-order valence-corrected chi connectivity index (χ3v) is 11.5. The lowest BCUT2D eigenvalue weighted by molar-refractivity contribution is -0.141. The number of methoxy groups -OCH3 is 1. The van der Waals surface area contributed by atoms with Crippen molar-refractivity contribution >= 4 is 56.9 Å². The van der Waals surface area contributed by atoms with Crippen molar-refractivity contribution < 1.29 is 32.3 Å². The molecule has 3 aromatic heterocycles. The summed E-state index contributed by atoms with van der Waals surface area (Å²) < 4.78 is 49.9. The van der Waals surface area contributed by atoms with Crippen LogP contribution >= 0.6 is 11.6 Å². The summed E-state index contributed by atoms with van der Waals surface area (Å²) in [6, 6.07) is 9.56. The fourth-order valence-corrected chi connectivity index (χ4v) is 8.67. The van der Waals surface area contributed by atoms with Crippen LogP contribution in [-0.2, 0) is 22.8 Å². The van der Waals surface area contributed by atoms with Gasteiger partial charge in [0, 0.05) is 42.7 Å². The number of rotatable bonds is 8. The molecule has 55 heavy (non-hydrogen) atoms. The van der Waals surface area contributed by atoms with Crippen LogP contribution in [0.4, 0.5) is 18.9 Å². The van der Waals surface area contributed by atoms with Gasteiger partial charge in [-0.25, -0.2) is 9.78 Å². The quantitative estimate of drug-likeness (QED) is 0.188. The Morgan fingerprint density at radius 1 is 1.07 bits per heavy atom. The summed E-state index contributed by atoms with van der Waals surface area (Å²) in [6.45, 7) is 2.69. The van der Waals surface area contributed by atoms with E-state index in [1.54, 1.807) is 35.9 Å². The Bertz CT molecular complexity index is 2410. The van der Waals surface area contributed by atoms with E-state index >= 15 is 0 Å². The maximum absolute atomic E-state index is 13.5. The molecular formula is C38H38ClF3N8O5. The van der Waals surface area contributed by atoms with Crippen LogP contribution < -0.4 is 21.1 Å². The molecule has 2 saturated heterocycles. The Labute approximate surface area is 317 Å². The van der Waals surface area contributed by atoms with Gasteiger partial charge in [-0.2, -0.15) is 18.3 Å². The number of benzene rings is 2. The first-order valence-corrected chi connectivity index (χ1v) is 18.5. The molecule has 1 atom stereocenters. The lowest BCUT2D eigenvalue weighted by atomic mass is 9.79. The standard InChI is InChI=1S/C38H38ClF3N8O5/c1-47-34-28(50(37(47)54)29-8-9-32(51)45-36(29)53)7-6-24(39)33(34)21-10-12-48(13-11-21)18-20-14-23(15-20)49-19-22-16-27(30(55-2)17-26(22)46-49)44-35(52)25-4-3-5-31(43-25)38(40,41)42/h3-7,16-17,19-21,23,29H,8-15,18H2,1-2H3,(H,44,52)(H,45,51,53). The first-order valence-electron chi connectivity index (χ1n) is 18.2. The second-order valence-corrected chi connectivity index (χ2v) is 15.1. The molecule has 1 aliphatic carbocycles. The van der Waals surface area contributed by atoms with Crippen LogP contribution in [0.5, 0.6) is 5.75 Å². The molecule has 0 radical (unpaired) electrons. The van der Waals surface area contributed by atoms with Crippen LogP contribution in [0.15, 0.2) is 53.5 Å². The van der Waals surface area contributed by atoms with Crippen molar-refractivity contribution in [2.75, 3.05) is 32.1 Å². The molecule has 3 fully saturated rings. The van der Waals surface area contributed by atoms with Crippen LogP contribution in [0.1, 0.15) is 78.3 Å². The number of alkyl halides is 3. The van der Waals surface area contributed by atoms with Crippen molar-refractivity contribution in [3.63, 3.8) is 0 Å². The van der Waals surface area contributed by atoms with E-state index in [0.717, 1.165) is 73.9 Å². The lowest BCUT2D eigenvalue weighted by Gasteiger charge is -2.41. The van der Waals surface area contributed by atoms with E-state index in [2.05, 4.69) is 20.5 Å². The number of halogens is 4. The number of fused-ring (bicyclic) bond motifs is 2. The highest BCUT2D eigenvalue weighted by atomic mass is 35.5. The van der Waals surface area contributed by atoms with Crippen molar-refractivity contribution in [1.82, 2.24) is 34.1 Å². The average Bonchev–Trinajstić information content (AvgIpc) is 3.66. The number of pyridine rings is 1. The zero-order valence-electron chi connectivity index (χ0n) is 30.0. The van der Waals surface area contributed by atoms with Crippen LogP contribution in [0.2, 0.25) is 5.02 Å². The number of imide groups is 1. The van der Waals surface area contributed by atoms with Gasteiger partial charge in [0.15, 0.2) is 0 Å². The largest absolute Gasteiger partial charge is 0.494 e. The molecule has 1 saturated carbocycles. The second kappa shape index (κ2) is 14.1. The van der Waals surface area contributed by atoms with Crippen molar-refractivity contribution in [1.29, 1.82) is 0 Å². The fourth-order valence-electron chi connectivity index (χ4n) is 8.36. The molecule has 0 bridgehead atoms. The Morgan fingerprint density at radius 2 is 1.84 bits per heavy atom. The van der Waals surface area contributed by atoms with Gasteiger partial charge in [-0.3, -0.25) is 33.5 Å². The molecule has 5 heterocycles. The topological polar surface area (TPSA) is 145 Å². The number of carbonyl (C=O) groups excluding carboxylic acids is 3. The smallest absolute Gasteiger partial charge is 0.433 e. The number of piperidine rings is 2. The predicted molar refractivity (Wildman–Crippen MR) is 197 cm³/mol. The lowest BCUT2D eigenvalue weighted by Crippen LogP contribution is -2.44. The number of amides is 3. The Morgan fingerprint density at radius 3 is 2.55 bits per heavy atom. The van der Waals surface area contributed by atoms with Crippen LogP contribution in [-0.4, -0.2) is 73.3 Å². The minimum absolute atomic E-state index is 0.134. The van der Waals surface area contributed by atoms with Gasteiger partial charge in [0.2, 0.25) is 11.8 Å². The number of hydrogen-bond donors (Lipinski definition) is 2. The molecule has 2 N–H and O–H groups in total. The molecule has 2 aromatic carbocycles. The summed E-state index contributed by atoms with van der Waals surface area (Å²) >= 11 is 6.82. The van der Waals surface area contributed by atoms with Crippen molar-refractivity contribution in [2.45, 2.75) is 62.7 Å². The molecule has 3 aliphatic rings. The first kappa shape index (κ1) is 36.7. The highest BCUT2D eigenvalue weighted by Gasteiger charge is 2.36. The number of aromatic nitrogens is 5. The highest BCUT2D eigenvalue weighted by Crippen LogP contribution is 2.42. The van der Waals surface area contributed by atoms with E-state index in [1.807, 2.05) is 10.9 Å². The van der Waals surface area contributed by atoms with Crippen LogP contribution in [0.3, 0.4) is 0 Å². The molecule has 1 unspecified atom stereocenters. The summed E-state index contributed by atoms with van der Waals surface area (Å²) in [5.41, 5.74) is 1.42. The Balaban J connectivity index is 0.899. The van der Waals surface area contributed by atoms with E-state index in [0.29, 0.717) is 33.4 Å². The Kier molecular flexibility index (Phi) is 9.44. The van der Waals surface area contributed by atoms with Gasteiger partial charge < -0.3 is 15.0 Å². The van der Waals surface area contributed by atoms with Crippen molar-refractivity contribution in [3.8, 4) is 5.75 Å². The first-order chi connectivity index (χ1) is 26.3. The zero-order valence-corrected chi connectivity index (χ0v) is 30.8. The van der Waals surface area contributed by atoms with Gasteiger partial charge >= 0.3 is 11.9 Å². The molecule has 288 valence electrons. The molecular weight excluding hydrogens is 741 g/mol. The molecule has 17 heteroatoms. The molecule has 8 rings (SSSR count). The number of ether oxygens (including phenoxy) is 1. The molecule has 2 aliphatic heterocycles. The summed E-state index contributed by atoms with van der Waals surface area (Å²) in [4.78, 5) is 56.8. The SMILES string of the molecule is COc1cc2nn(C3CC(CN4CCC(c5c(Cl)ccc6c5n(C)c(=O)n6C5CCC(=O)NC5=O)CC4)C3)cc2cc1NC(=O)c1cccc(C(F)(F)F)n1. The van der Waals surface area contributed by atoms with E-state index in [1.165, 1.54) is 17.7 Å². The zero-order chi connectivity index (χ0) is 38.8. The van der Waals surface area contributed by atoms with Gasteiger partial charge in [-0.1, -0.05) is 17.7 Å². The van der Waals surface area contributed by atoms with Crippen LogP contribution in [0.25, 0.3) is 21.9 Å². The number of nitrogens with zero attached hydrogens (tertiary/aromatic N) is 6. The molecule has 5 aromatic rings. The number of anilines is 1. The van der Waals surface area contributed by atoms with Crippen LogP contribution in [0, 0.1) is 5.92 Å².